The first-order valence-electron chi connectivity index (χ1n) is 7.79. The number of benzene rings is 1. The average Bonchev–Trinajstić information content (AvgIpc) is 2.92. The van der Waals surface area contributed by atoms with Crippen LogP contribution in [0.1, 0.15) is 49.8 Å². The third-order valence-corrected chi connectivity index (χ3v) is 4.86. The molecule has 0 saturated heterocycles. The Bertz CT molecular complexity index is 494. The Hall–Kier alpha value is -1.35. The van der Waals surface area contributed by atoms with Gasteiger partial charge in [-0.3, -0.25) is 4.79 Å². The molecule has 0 bridgehead atoms. The van der Waals surface area contributed by atoms with E-state index >= 15 is 0 Å². The number of nitrogens with zero attached hydrogens (tertiary/aromatic N) is 1. The molecule has 1 aliphatic carbocycles. The van der Waals surface area contributed by atoms with Crippen molar-refractivity contribution in [2.75, 3.05) is 7.05 Å². The molecular weight excluding hydrogens is 248 g/mol. The molecule has 1 saturated carbocycles. The predicted octanol–water partition coefficient (Wildman–Crippen LogP) is 2.66. The van der Waals surface area contributed by atoms with Crippen LogP contribution in [-0.4, -0.2) is 29.9 Å². The maximum Gasteiger partial charge on any atom is 0.244 e. The molecule has 1 fully saturated rings. The molecule has 1 aliphatic heterocycles. The Labute approximate surface area is 121 Å². The summed E-state index contributed by atoms with van der Waals surface area (Å²) >= 11 is 0. The van der Waals surface area contributed by atoms with Crippen molar-refractivity contribution in [3.05, 3.63) is 35.4 Å². The minimum atomic E-state index is -0.184. The third-order valence-electron chi connectivity index (χ3n) is 4.86. The number of nitrogens with one attached hydrogen (secondary N) is 1. The number of carbonyl (C=O) groups is 1. The topological polar surface area (TPSA) is 32.3 Å². The lowest BCUT2D eigenvalue weighted by Crippen LogP contribution is -2.48. The molecule has 3 heteroatoms. The Morgan fingerprint density at radius 2 is 1.90 bits per heavy atom. The quantitative estimate of drug-likeness (QED) is 0.897. The van der Waals surface area contributed by atoms with E-state index in [0.29, 0.717) is 12.1 Å². The minimum absolute atomic E-state index is 0.184. The van der Waals surface area contributed by atoms with Crippen LogP contribution in [0.4, 0.5) is 0 Å². The van der Waals surface area contributed by atoms with Crippen LogP contribution in [0.3, 0.4) is 0 Å². The molecule has 2 aliphatic rings. The van der Waals surface area contributed by atoms with E-state index in [4.69, 9.17) is 0 Å². The summed E-state index contributed by atoms with van der Waals surface area (Å²) in [4.78, 5) is 15.2. The Balaban J connectivity index is 1.98. The molecule has 0 aromatic heterocycles. The van der Waals surface area contributed by atoms with Gasteiger partial charge in [0, 0.05) is 12.1 Å². The Morgan fingerprint density at radius 1 is 1.20 bits per heavy atom. The average molecular weight is 272 g/mol. The van der Waals surface area contributed by atoms with Gasteiger partial charge in [0.05, 0.1) is 0 Å². The van der Waals surface area contributed by atoms with Crippen LogP contribution in [0.5, 0.6) is 0 Å². The molecule has 2 unspecified atom stereocenters. The van der Waals surface area contributed by atoms with Crippen LogP contribution in [0.25, 0.3) is 0 Å². The monoisotopic (exact) mass is 272 g/mol. The summed E-state index contributed by atoms with van der Waals surface area (Å²) in [5.41, 5.74) is 2.47. The zero-order valence-corrected chi connectivity index (χ0v) is 12.4. The van der Waals surface area contributed by atoms with E-state index in [-0.39, 0.29) is 11.9 Å². The first-order chi connectivity index (χ1) is 9.72. The maximum absolute atomic E-state index is 13.0. The molecule has 1 amide bonds. The molecule has 1 aromatic carbocycles. The fraction of sp³-hybridized carbons (Fsp3) is 0.588. The van der Waals surface area contributed by atoms with E-state index in [2.05, 4.69) is 35.3 Å². The molecule has 1 heterocycles. The summed E-state index contributed by atoms with van der Waals surface area (Å²) in [5.74, 6) is 0.261. The number of carbonyl (C=O) groups excluding carboxylic acids is 1. The van der Waals surface area contributed by atoms with E-state index in [1.807, 2.05) is 13.1 Å². The standard InChI is InChI=1S/C17H24N2O/c1-12-11-13-7-3-6-10-15(13)16(18-2)17(20)19(12)14-8-4-5-9-14/h3,6-7,10,12,14,16,18H,4-5,8-9,11H2,1-2H3. The SMILES string of the molecule is CNC1C(=O)N(C2CCCC2)C(C)Cc2ccccc21. The van der Waals surface area contributed by atoms with Gasteiger partial charge in [-0.05, 0) is 44.4 Å². The van der Waals surface area contributed by atoms with Gasteiger partial charge in [-0.15, -0.1) is 0 Å². The zero-order chi connectivity index (χ0) is 14.1. The Morgan fingerprint density at radius 3 is 2.60 bits per heavy atom. The molecular formula is C17H24N2O. The van der Waals surface area contributed by atoms with E-state index in [9.17, 15) is 4.79 Å². The van der Waals surface area contributed by atoms with Gasteiger partial charge >= 0.3 is 0 Å². The second kappa shape index (κ2) is 5.57. The smallest absolute Gasteiger partial charge is 0.244 e. The van der Waals surface area contributed by atoms with Crippen LogP contribution in [0.2, 0.25) is 0 Å². The molecule has 0 radical (unpaired) electrons. The summed E-state index contributed by atoms with van der Waals surface area (Å²) in [6, 6.07) is 8.94. The summed E-state index contributed by atoms with van der Waals surface area (Å²) in [6.07, 6.45) is 5.83. The normalized spacial score (nSPS) is 27.5. The fourth-order valence-corrected chi connectivity index (χ4v) is 3.92. The van der Waals surface area contributed by atoms with Crippen LogP contribution in [0, 0.1) is 0 Å². The highest BCUT2D eigenvalue weighted by molar-refractivity contribution is 5.85. The largest absolute Gasteiger partial charge is 0.335 e. The molecule has 3 nitrogen and oxygen atoms in total. The highest BCUT2D eigenvalue weighted by atomic mass is 16.2. The van der Waals surface area contributed by atoms with Gasteiger partial charge in [0.15, 0.2) is 0 Å². The van der Waals surface area contributed by atoms with Gasteiger partial charge in [0.25, 0.3) is 0 Å². The third kappa shape index (κ3) is 2.24. The number of hydrogen-bond donors (Lipinski definition) is 1. The molecule has 1 aromatic rings. The molecule has 0 spiro atoms. The molecule has 1 N–H and O–H groups in total. The van der Waals surface area contributed by atoms with Crippen molar-refractivity contribution >= 4 is 5.91 Å². The number of hydrogen-bond acceptors (Lipinski definition) is 2. The first kappa shape index (κ1) is 13.6. The van der Waals surface area contributed by atoms with E-state index in [1.165, 1.54) is 31.2 Å². The summed E-state index contributed by atoms with van der Waals surface area (Å²) in [6.45, 7) is 2.20. The van der Waals surface area contributed by atoms with Crippen LogP contribution >= 0.6 is 0 Å². The minimum Gasteiger partial charge on any atom is -0.335 e. The molecule has 108 valence electrons. The van der Waals surface area contributed by atoms with Crippen molar-refractivity contribution in [3.8, 4) is 0 Å². The second-order valence-electron chi connectivity index (χ2n) is 6.16. The number of fused-ring (bicyclic) bond motifs is 1. The molecule has 2 atom stereocenters. The van der Waals surface area contributed by atoms with Gasteiger partial charge in [-0.1, -0.05) is 37.1 Å². The lowest BCUT2D eigenvalue weighted by atomic mass is 9.98. The fourth-order valence-electron chi connectivity index (χ4n) is 3.92. The van der Waals surface area contributed by atoms with Crippen LogP contribution in [0.15, 0.2) is 24.3 Å². The van der Waals surface area contributed by atoms with Crippen molar-refractivity contribution < 1.29 is 4.79 Å². The van der Waals surface area contributed by atoms with Gasteiger partial charge < -0.3 is 10.2 Å². The van der Waals surface area contributed by atoms with Crippen molar-refractivity contribution in [2.45, 2.75) is 57.2 Å². The summed E-state index contributed by atoms with van der Waals surface area (Å²) in [5, 5.41) is 3.23. The summed E-state index contributed by atoms with van der Waals surface area (Å²) in [7, 11) is 1.89. The van der Waals surface area contributed by atoms with E-state index < -0.39 is 0 Å². The lowest BCUT2D eigenvalue weighted by Gasteiger charge is -2.35. The number of likely N-dealkylation sites (N-methyl/N-ethyl adjacent to an activating group) is 1. The molecule has 3 rings (SSSR count). The van der Waals surface area contributed by atoms with E-state index in [0.717, 1.165) is 12.0 Å². The predicted molar refractivity (Wildman–Crippen MR) is 80.5 cm³/mol. The Kier molecular flexibility index (Phi) is 3.79. The highest BCUT2D eigenvalue weighted by Crippen LogP contribution is 2.33. The van der Waals surface area contributed by atoms with Gasteiger partial charge in [0.1, 0.15) is 6.04 Å². The van der Waals surface area contributed by atoms with Gasteiger partial charge in [-0.2, -0.15) is 0 Å². The zero-order valence-electron chi connectivity index (χ0n) is 12.4. The first-order valence-corrected chi connectivity index (χ1v) is 7.79. The summed E-state index contributed by atoms with van der Waals surface area (Å²) < 4.78 is 0. The van der Waals surface area contributed by atoms with Crippen molar-refractivity contribution in [1.29, 1.82) is 0 Å². The number of amides is 1. The maximum atomic E-state index is 13.0. The number of rotatable bonds is 2. The van der Waals surface area contributed by atoms with Crippen molar-refractivity contribution in [2.24, 2.45) is 0 Å². The van der Waals surface area contributed by atoms with Crippen molar-refractivity contribution in [1.82, 2.24) is 10.2 Å². The molecule has 20 heavy (non-hydrogen) atoms. The van der Waals surface area contributed by atoms with Crippen LogP contribution in [-0.2, 0) is 11.2 Å². The van der Waals surface area contributed by atoms with Crippen molar-refractivity contribution in [3.63, 3.8) is 0 Å². The van der Waals surface area contributed by atoms with Gasteiger partial charge in [0.2, 0.25) is 5.91 Å². The highest BCUT2D eigenvalue weighted by Gasteiger charge is 2.37. The lowest BCUT2D eigenvalue weighted by molar-refractivity contribution is -0.137. The van der Waals surface area contributed by atoms with Gasteiger partial charge in [-0.25, -0.2) is 0 Å². The second-order valence-corrected chi connectivity index (χ2v) is 6.16. The van der Waals surface area contributed by atoms with E-state index in [1.54, 1.807) is 0 Å². The van der Waals surface area contributed by atoms with Crippen LogP contribution < -0.4 is 5.32 Å².